The second kappa shape index (κ2) is 10.1. The first-order valence-electron chi connectivity index (χ1n) is 8.22. The zero-order valence-corrected chi connectivity index (χ0v) is 16.5. The van der Waals surface area contributed by atoms with Crippen LogP contribution < -0.4 is 5.32 Å². The van der Waals surface area contributed by atoms with Gasteiger partial charge in [-0.3, -0.25) is 4.99 Å². The average molecular weight is 418 g/mol. The molecule has 0 bridgehead atoms. The lowest BCUT2D eigenvalue weighted by molar-refractivity contribution is 0.337. The summed E-state index contributed by atoms with van der Waals surface area (Å²) in [5.74, 6) is 1.91. The Morgan fingerprint density at radius 2 is 2.09 bits per heavy atom. The third-order valence-corrected chi connectivity index (χ3v) is 4.58. The van der Waals surface area contributed by atoms with Crippen LogP contribution in [0.15, 0.2) is 23.3 Å². The molecule has 1 aromatic rings. The summed E-state index contributed by atoms with van der Waals surface area (Å²) in [6.45, 7) is 1.92. The summed E-state index contributed by atoms with van der Waals surface area (Å²) in [5, 5.41) is 3.52. The van der Waals surface area contributed by atoms with E-state index in [4.69, 9.17) is 0 Å². The molecular formula is C17H31IN4. The van der Waals surface area contributed by atoms with Crippen LogP contribution in [0.2, 0.25) is 0 Å². The van der Waals surface area contributed by atoms with Gasteiger partial charge in [0, 0.05) is 39.6 Å². The highest BCUT2D eigenvalue weighted by Crippen LogP contribution is 2.25. The zero-order chi connectivity index (χ0) is 15.1. The van der Waals surface area contributed by atoms with Gasteiger partial charge in [0.1, 0.15) is 0 Å². The summed E-state index contributed by atoms with van der Waals surface area (Å²) < 4.78 is 2.16. The molecule has 5 heteroatoms. The number of guanidine groups is 1. The first-order valence-corrected chi connectivity index (χ1v) is 8.22. The summed E-state index contributed by atoms with van der Waals surface area (Å²) in [5.41, 5.74) is 1.30. The van der Waals surface area contributed by atoms with Crippen LogP contribution >= 0.6 is 24.0 Å². The highest BCUT2D eigenvalue weighted by Gasteiger charge is 2.14. The van der Waals surface area contributed by atoms with Crippen molar-refractivity contribution in [2.24, 2.45) is 18.0 Å². The van der Waals surface area contributed by atoms with Gasteiger partial charge in [0.05, 0.1) is 6.54 Å². The Hall–Kier alpha value is -0.720. The topological polar surface area (TPSA) is 32.6 Å². The molecule has 0 amide bonds. The van der Waals surface area contributed by atoms with E-state index in [2.05, 4.69) is 52.2 Å². The van der Waals surface area contributed by atoms with Crippen molar-refractivity contribution >= 4 is 29.9 Å². The number of nitrogens with zero attached hydrogens (tertiary/aromatic N) is 3. The maximum Gasteiger partial charge on any atom is 0.193 e. The smallest absolute Gasteiger partial charge is 0.193 e. The quantitative estimate of drug-likeness (QED) is 0.450. The maximum atomic E-state index is 4.40. The summed E-state index contributed by atoms with van der Waals surface area (Å²) in [4.78, 5) is 6.59. The van der Waals surface area contributed by atoms with Crippen molar-refractivity contribution < 1.29 is 0 Å². The van der Waals surface area contributed by atoms with Crippen LogP contribution in [0.4, 0.5) is 0 Å². The van der Waals surface area contributed by atoms with E-state index in [9.17, 15) is 0 Å². The minimum atomic E-state index is 0. The minimum Gasteiger partial charge on any atom is -0.356 e. The fraction of sp³-hybridized carbons (Fsp3) is 0.706. The molecule has 4 nitrogen and oxygen atoms in total. The van der Waals surface area contributed by atoms with E-state index in [1.807, 2.05) is 7.05 Å². The molecule has 1 aliphatic carbocycles. The number of aromatic nitrogens is 1. The highest BCUT2D eigenvalue weighted by molar-refractivity contribution is 14.0. The minimum absolute atomic E-state index is 0. The molecule has 22 heavy (non-hydrogen) atoms. The summed E-state index contributed by atoms with van der Waals surface area (Å²) in [7, 11) is 6.05. The van der Waals surface area contributed by atoms with Crippen LogP contribution in [0.1, 0.15) is 44.2 Å². The van der Waals surface area contributed by atoms with Crippen molar-refractivity contribution in [2.75, 3.05) is 20.6 Å². The summed E-state index contributed by atoms with van der Waals surface area (Å²) in [6, 6.07) is 4.24. The molecule has 0 spiro atoms. The molecule has 1 aromatic heterocycles. The standard InChI is InChI=1S/C17H30N4.HI/c1-18-17(19-12-11-15-8-5-4-6-9-15)21(3)14-16-10-7-13-20(16)2;/h7,10,13,15H,4-6,8-9,11-12,14H2,1-3H3,(H,18,19);1H. The Labute approximate surface area is 152 Å². The summed E-state index contributed by atoms with van der Waals surface area (Å²) in [6.07, 6.45) is 10.5. The normalized spacial score (nSPS) is 16.2. The molecule has 1 aliphatic rings. The van der Waals surface area contributed by atoms with Crippen LogP contribution in [0.5, 0.6) is 0 Å². The third-order valence-electron chi connectivity index (χ3n) is 4.58. The molecular weight excluding hydrogens is 387 g/mol. The largest absolute Gasteiger partial charge is 0.356 e. The van der Waals surface area contributed by atoms with Crippen molar-refractivity contribution in [3.63, 3.8) is 0 Å². The fourth-order valence-corrected chi connectivity index (χ4v) is 3.23. The molecule has 1 heterocycles. The van der Waals surface area contributed by atoms with Crippen molar-refractivity contribution in [3.05, 3.63) is 24.0 Å². The number of rotatable bonds is 5. The van der Waals surface area contributed by atoms with Crippen LogP contribution in [0, 0.1) is 5.92 Å². The van der Waals surface area contributed by atoms with Gasteiger partial charge < -0.3 is 14.8 Å². The number of nitrogens with one attached hydrogen (secondary N) is 1. The van der Waals surface area contributed by atoms with E-state index >= 15 is 0 Å². The number of aliphatic imine (C=N–C) groups is 1. The van der Waals surface area contributed by atoms with Crippen molar-refractivity contribution in [3.8, 4) is 0 Å². The van der Waals surface area contributed by atoms with Gasteiger partial charge in [-0.2, -0.15) is 0 Å². The van der Waals surface area contributed by atoms with Gasteiger partial charge in [-0.1, -0.05) is 32.1 Å². The van der Waals surface area contributed by atoms with Crippen molar-refractivity contribution in [1.82, 2.24) is 14.8 Å². The Kier molecular flexibility index (Phi) is 8.90. The van der Waals surface area contributed by atoms with Gasteiger partial charge in [0.25, 0.3) is 0 Å². The second-order valence-corrected chi connectivity index (χ2v) is 6.23. The van der Waals surface area contributed by atoms with E-state index in [1.165, 1.54) is 44.2 Å². The monoisotopic (exact) mass is 418 g/mol. The van der Waals surface area contributed by atoms with Gasteiger partial charge in [0.15, 0.2) is 5.96 Å². The lowest BCUT2D eigenvalue weighted by atomic mass is 9.87. The SMILES string of the molecule is CN=C(NCCC1CCCCC1)N(C)Cc1cccn1C.I. The van der Waals surface area contributed by atoms with E-state index in [0.29, 0.717) is 0 Å². The molecule has 1 saturated carbocycles. The maximum absolute atomic E-state index is 4.40. The molecule has 0 aliphatic heterocycles. The van der Waals surface area contributed by atoms with Gasteiger partial charge in [-0.25, -0.2) is 0 Å². The van der Waals surface area contributed by atoms with Gasteiger partial charge >= 0.3 is 0 Å². The van der Waals surface area contributed by atoms with Gasteiger partial charge in [-0.05, 0) is 24.5 Å². The van der Waals surface area contributed by atoms with E-state index in [0.717, 1.165) is 25.0 Å². The number of halogens is 1. The van der Waals surface area contributed by atoms with E-state index in [-0.39, 0.29) is 24.0 Å². The van der Waals surface area contributed by atoms with Crippen LogP contribution in [0.25, 0.3) is 0 Å². The van der Waals surface area contributed by atoms with Gasteiger partial charge in [-0.15, -0.1) is 24.0 Å². The molecule has 1 N–H and O–H groups in total. The lowest BCUT2D eigenvalue weighted by Crippen LogP contribution is -2.39. The number of hydrogen-bond acceptors (Lipinski definition) is 1. The van der Waals surface area contributed by atoms with Gasteiger partial charge in [0.2, 0.25) is 0 Å². The lowest BCUT2D eigenvalue weighted by Gasteiger charge is -2.25. The number of hydrogen-bond donors (Lipinski definition) is 1. The highest BCUT2D eigenvalue weighted by atomic mass is 127. The van der Waals surface area contributed by atoms with Crippen LogP contribution in [-0.2, 0) is 13.6 Å². The molecule has 0 radical (unpaired) electrons. The fourth-order valence-electron chi connectivity index (χ4n) is 3.23. The summed E-state index contributed by atoms with van der Waals surface area (Å²) >= 11 is 0. The molecule has 0 atom stereocenters. The second-order valence-electron chi connectivity index (χ2n) is 6.23. The molecule has 0 unspecified atom stereocenters. The van der Waals surface area contributed by atoms with Crippen LogP contribution in [0.3, 0.4) is 0 Å². The average Bonchev–Trinajstić information content (AvgIpc) is 2.90. The first-order chi connectivity index (χ1) is 10.2. The van der Waals surface area contributed by atoms with Crippen LogP contribution in [-0.4, -0.2) is 36.1 Å². The molecule has 0 aromatic carbocycles. The van der Waals surface area contributed by atoms with E-state index < -0.39 is 0 Å². The number of aryl methyl sites for hydroxylation is 1. The Balaban J connectivity index is 0.00000242. The van der Waals surface area contributed by atoms with E-state index in [1.54, 1.807) is 0 Å². The molecule has 1 fully saturated rings. The Morgan fingerprint density at radius 1 is 1.36 bits per heavy atom. The van der Waals surface area contributed by atoms with Crippen molar-refractivity contribution in [2.45, 2.75) is 45.1 Å². The molecule has 2 rings (SSSR count). The zero-order valence-electron chi connectivity index (χ0n) is 14.2. The van der Waals surface area contributed by atoms with Crippen molar-refractivity contribution in [1.29, 1.82) is 0 Å². The first kappa shape index (κ1) is 19.3. The Morgan fingerprint density at radius 3 is 2.68 bits per heavy atom. The molecule has 126 valence electrons. The molecule has 0 saturated heterocycles. The third kappa shape index (κ3) is 5.82. The predicted molar refractivity (Wildman–Crippen MR) is 105 cm³/mol. The Bertz CT molecular complexity index is 449. The predicted octanol–water partition coefficient (Wildman–Crippen LogP) is 3.62.